The number of hydrogen-bond acceptors (Lipinski definition) is 7. The van der Waals surface area contributed by atoms with E-state index in [4.69, 9.17) is 0 Å². The zero-order valence-electron chi connectivity index (χ0n) is 16.6. The van der Waals surface area contributed by atoms with Crippen molar-refractivity contribution in [1.82, 2.24) is 14.5 Å². The Morgan fingerprint density at radius 1 is 1.23 bits per heavy atom. The van der Waals surface area contributed by atoms with Crippen molar-refractivity contribution in [2.24, 2.45) is 0 Å². The van der Waals surface area contributed by atoms with Gasteiger partial charge >= 0.3 is 0 Å². The average molecular weight is 443 g/mol. The minimum atomic E-state index is -0.327. The fourth-order valence-corrected chi connectivity index (χ4v) is 5.29. The fraction of sp³-hybridized carbons (Fsp3) is 0.333. The molecule has 0 spiro atoms. The number of carbonyl (C=O) groups is 1. The third-order valence-electron chi connectivity index (χ3n) is 4.92. The van der Waals surface area contributed by atoms with Crippen molar-refractivity contribution in [2.75, 3.05) is 11.1 Å². The number of amides is 1. The SMILES string of the molecule is CCc1c(O)nc(SCC(=O)Nc2nc3c(s2)CCCC3)n(-c2ccccc2)c1=O. The van der Waals surface area contributed by atoms with Crippen LogP contribution in [0.25, 0.3) is 5.69 Å². The Hall–Kier alpha value is -2.65. The van der Waals surface area contributed by atoms with E-state index >= 15 is 0 Å². The molecule has 0 bridgehead atoms. The van der Waals surface area contributed by atoms with Crippen LogP contribution in [-0.2, 0) is 24.1 Å². The van der Waals surface area contributed by atoms with E-state index in [1.807, 2.05) is 18.2 Å². The van der Waals surface area contributed by atoms with E-state index in [9.17, 15) is 14.7 Å². The smallest absolute Gasteiger partial charge is 0.265 e. The maximum Gasteiger partial charge on any atom is 0.265 e. The third-order valence-corrected chi connectivity index (χ3v) is 6.93. The molecule has 4 rings (SSSR count). The molecule has 0 fully saturated rings. The van der Waals surface area contributed by atoms with Crippen molar-refractivity contribution in [3.63, 3.8) is 0 Å². The van der Waals surface area contributed by atoms with Gasteiger partial charge in [-0.3, -0.25) is 14.2 Å². The van der Waals surface area contributed by atoms with Gasteiger partial charge in [-0.25, -0.2) is 4.98 Å². The van der Waals surface area contributed by atoms with Crippen LogP contribution in [0.2, 0.25) is 0 Å². The average Bonchev–Trinajstić information content (AvgIpc) is 3.15. The second-order valence-electron chi connectivity index (χ2n) is 6.96. The van der Waals surface area contributed by atoms with Gasteiger partial charge in [0.1, 0.15) is 0 Å². The Bertz CT molecular complexity index is 1100. The van der Waals surface area contributed by atoms with E-state index in [1.54, 1.807) is 19.1 Å². The van der Waals surface area contributed by atoms with Crippen LogP contribution in [0.3, 0.4) is 0 Å². The number of carbonyl (C=O) groups excluding carboxylic acids is 1. The first kappa shape index (κ1) is 20.6. The van der Waals surface area contributed by atoms with Crippen LogP contribution < -0.4 is 10.9 Å². The summed E-state index contributed by atoms with van der Waals surface area (Å²) in [5, 5.41) is 13.9. The molecule has 0 radical (unpaired) electrons. The summed E-state index contributed by atoms with van der Waals surface area (Å²) in [5.74, 6) is -0.460. The van der Waals surface area contributed by atoms with E-state index in [0.717, 1.165) is 36.7 Å². The van der Waals surface area contributed by atoms with Gasteiger partial charge in [-0.05, 0) is 44.2 Å². The Labute approximate surface area is 182 Å². The van der Waals surface area contributed by atoms with Crippen molar-refractivity contribution in [3.8, 4) is 11.6 Å². The van der Waals surface area contributed by atoms with Crippen molar-refractivity contribution >= 4 is 34.1 Å². The molecule has 0 saturated carbocycles. The summed E-state index contributed by atoms with van der Waals surface area (Å²) in [7, 11) is 0. The van der Waals surface area contributed by atoms with Gasteiger partial charge in [0, 0.05) is 4.88 Å². The second kappa shape index (κ2) is 9.01. The van der Waals surface area contributed by atoms with Crippen molar-refractivity contribution in [1.29, 1.82) is 0 Å². The first-order chi connectivity index (χ1) is 14.6. The van der Waals surface area contributed by atoms with Gasteiger partial charge < -0.3 is 10.4 Å². The zero-order valence-corrected chi connectivity index (χ0v) is 18.2. The molecular formula is C21H22N4O3S2. The molecule has 3 aromatic rings. The number of para-hydroxylation sites is 1. The van der Waals surface area contributed by atoms with Crippen LogP contribution in [0, 0.1) is 0 Å². The summed E-state index contributed by atoms with van der Waals surface area (Å²) in [6.07, 6.45) is 4.66. The van der Waals surface area contributed by atoms with Crippen LogP contribution >= 0.6 is 23.1 Å². The van der Waals surface area contributed by atoms with Gasteiger partial charge in [0.2, 0.25) is 11.8 Å². The number of thiazole rings is 1. The molecule has 0 atom stereocenters. The van der Waals surface area contributed by atoms with Gasteiger partial charge in [-0.2, -0.15) is 4.98 Å². The third kappa shape index (κ3) is 4.27. The summed E-state index contributed by atoms with van der Waals surface area (Å²) >= 11 is 2.64. The number of hydrogen-bond donors (Lipinski definition) is 2. The van der Waals surface area contributed by atoms with Crippen molar-refractivity contribution in [2.45, 2.75) is 44.2 Å². The van der Waals surface area contributed by atoms with Crippen LogP contribution in [0.4, 0.5) is 5.13 Å². The molecule has 2 heterocycles. The highest BCUT2D eigenvalue weighted by atomic mass is 32.2. The van der Waals surface area contributed by atoms with E-state index in [0.29, 0.717) is 17.2 Å². The summed E-state index contributed by atoms with van der Waals surface area (Å²) in [6.45, 7) is 1.79. The fourth-order valence-electron chi connectivity index (χ4n) is 3.43. The van der Waals surface area contributed by atoms with Crippen molar-refractivity contribution < 1.29 is 9.90 Å². The van der Waals surface area contributed by atoms with E-state index in [-0.39, 0.29) is 33.8 Å². The maximum atomic E-state index is 12.9. The Kier molecular flexibility index (Phi) is 6.19. The highest BCUT2D eigenvalue weighted by Crippen LogP contribution is 2.30. The molecule has 1 aliphatic carbocycles. The van der Waals surface area contributed by atoms with Gasteiger partial charge in [0.25, 0.3) is 5.56 Å². The lowest BCUT2D eigenvalue weighted by molar-refractivity contribution is -0.113. The Balaban J connectivity index is 1.54. The summed E-state index contributed by atoms with van der Waals surface area (Å²) in [5.41, 5.74) is 1.65. The molecular weight excluding hydrogens is 420 g/mol. The monoisotopic (exact) mass is 442 g/mol. The highest BCUT2D eigenvalue weighted by Gasteiger charge is 2.19. The number of anilines is 1. The topological polar surface area (TPSA) is 97.1 Å². The number of nitrogens with zero attached hydrogens (tertiary/aromatic N) is 3. The number of aromatic nitrogens is 3. The number of aryl methyl sites for hydroxylation is 2. The number of benzene rings is 1. The minimum absolute atomic E-state index is 0.0500. The second-order valence-corrected chi connectivity index (χ2v) is 8.99. The highest BCUT2D eigenvalue weighted by molar-refractivity contribution is 7.99. The predicted octanol–water partition coefficient (Wildman–Crippen LogP) is 3.57. The molecule has 0 aliphatic heterocycles. The first-order valence-corrected chi connectivity index (χ1v) is 11.7. The zero-order chi connectivity index (χ0) is 21.1. The standard InChI is InChI=1S/C21H22N4O3S2/c1-2-14-18(27)24-21(25(19(14)28)13-8-4-3-5-9-13)29-12-17(26)23-20-22-15-10-6-7-11-16(15)30-20/h3-5,8-9,27H,2,6-7,10-12H2,1H3,(H,22,23,26). The largest absolute Gasteiger partial charge is 0.493 e. The van der Waals surface area contributed by atoms with Crippen LogP contribution in [0.15, 0.2) is 40.3 Å². The van der Waals surface area contributed by atoms with E-state index < -0.39 is 0 Å². The molecule has 7 nitrogen and oxygen atoms in total. The van der Waals surface area contributed by atoms with Crippen LogP contribution in [-0.4, -0.2) is 31.3 Å². The molecule has 0 saturated heterocycles. The lowest BCUT2D eigenvalue weighted by Gasteiger charge is -2.13. The number of fused-ring (bicyclic) bond motifs is 1. The lowest BCUT2D eigenvalue weighted by atomic mass is 10.0. The molecule has 2 N–H and O–H groups in total. The van der Waals surface area contributed by atoms with Gasteiger partial charge in [0.05, 0.1) is 22.7 Å². The van der Waals surface area contributed by atoms with Gasteiger partial charge in [-0.1, -0.05) is 36.9 Å². The van der Waals surface area contributed by atoms with Gasteiger partial charge in [-0.15, -0.1) is 11.3 Å². The molecule has 1 amide bonds. The molecule has 1 aromatic carbocycles. The number of thioether (sulfide) groups is 1. The predicted molar refractivity (Wildman–Crippen MR) is 119 cm³/mol. The molecule has 30 heavy (non-hydrogen) atoms. The number of nitrogens with one attached hydrogen (secondary N) is 1. The Morgan fingerprint density at radius 2 is 2.00 bits per heavy atom. The molecule has 156 valence electrons. The first-order valence-electron chi connectivity index (χ1n) is 9.88. The van der Waals surface area contributed by atoms with Gasteiger partial charge in [0.15, 0.2) is 10.3 Å². The number of rotatable bonds is 6. The van der Waals surface area contributed by atoms with Crippen molar-refractivity contribution in [3.05, 3.63) is 56.8 Å². The van der Waals surface area contributed by atoms with Crippen LogP contribution in [0.1, 0.15) is 35.9 Å². The summed E-state index contributed by atoms with van der Waals surface area (Å²) < 4.78 is 1.44. The Morgan fingerprint density at radius 3 is 2.73 bits per heavy atom. The molecule has 1 aliphatic rings. The molecule has 9 heteroatoms. The normalized spacial score (nSPS) is 13.1. The summed E-state index contributed by atoms with van der Waals surface area (Å²) in [4.78, 5) is 35.4. The quantitative estimate of drug-likeness (QED) is 0.447. The van der Waals surface area contributed by atoms with Crippen LogP contribution in [0.5, 0.6) is 5.88 Å². The molecule has 0 unspecified atom stereocenters. The lowest BCUT2D eigenvalue weighted by Crippen LogP contribution is -2.25. The minimum Gasteiger partial charge on any atom is -0.493 e. The number of aromatic hydroxyl groups is 1. The summed E-state index contributed by atoms with van der Waals surface area (Å²) in [6, 6.07) is 9.10. The maximum absolute atomic E-state index is 12.9. The molecule has 2 aromatic heterocycles. The van der Waals surface area contributed by atoms with E-state index in [2.05, 4.69) is 15.3 Å². The van der Waals surface area contributed by atoms with E-state index in [1.165, 1.54) is 27.2 Å².